The fourth-order valence-corrected chi connectivity index (χ4v) is 0.618. The van der Waals surface area contributed by atoms with Gasteiger partial charge in [0.25, 0.3) is 0 Å². The molecule has 0 fully saturated rings. The second-order valence-corrected chi connectivity index (χ2v) is 2.61. The van der Waals surface area contributed by atoms with E-state index < -0.39 is 37.2 Å². The molecule has 0 bridgehead atoms. The summed E-state index contributed by atoms with van der Waals surface area (Å²) in [5.74, 6) is 0. The van der Waals surface area contributed by atoms with Gasteiger partial charge in [0.05, 0.1) is 6.61 Å². The van der Waals surface area contributed by atoms with Gasteiger partial charge >= 0.3 is 59.1 Å². The average Bonchev–Trinajstić information content (AvgIpc) is 2.24. The Kier molecular flexibility index (Phi) is 23.8. The molecule has 0 amide bonds. The molecule has 4 unspecified atom stereocenters. The Morgan fingerprint density at radius 3 is 1.61 bits per heavy atom. The van der Waals surface area contributed by atoms with Crippen molar-refractivity contribution in [3.8, 4) is 0 Å². The predicted molar refractivity (Wildman–Crippen MR) is 42.6 cm³/mol. The average molecular weight is 286 g/mol. The molecule has 96 valence electrons. The molecule has 18 heavy (non-hydrogen) atoms. The third-order valence-electron chi connectivity index (χ3n) is 1.42. The van der Waals surface area contributed by atoms with E-state index in [4.69, 9.17) is 40.5 Å². The van der Waals surface area contributed by atoms with E-state index in [1.807, 2.05) is 0 Å². The van der Waals surface area contributed by atoms with Gasteiger partial charge < -0.3 is 45.3 Å². The Labute approximate surface area is 147 Å². The zero-order valence-corrected chi connectivity index (χ0v) is 14.0. The first-order valence-electron chi connectivity index (χ1n) is 3.94. The van der Waals surface area contributed by atoms with Gasteiger partial charge in [-0.2, -0.15) is 0 Å². The molecule has 5 N–H and O–H groups in total. The summed E-state index contributed by atoms with van der Waals surface area (Å²) in [6.45, 7) is -0.760. The second-order valence-electron chi connectivity index (χ2n) is 2.61. The van der Waals surface area contributed by atoms with E-state index >= 15 is 0 Å². The summed E-state index contributed by atoms with van der Waals surface area (Å²) in [5.41, 5.74) is 0. The number of aldehydes is 1. The number of carbonyl (C=O) groups excluding carboxylic acids is 2. The monoisotopic (exact) mass is 286 g/mol. The Balaban J connectivity index is -0.000000143. The Morgan fingerprint density at radius 2 is 1.39 bits per heavy atom. The molecule has 11 heteroatoms. The van der Waals surface area contributed by atoms with Crippen molar-refractivity contribution in [1.29, 1.82) is 0 Å². The molecule has 0 aromatic heterocycles. The molecule has 0 saturated carbocycles. The van der Waals surface area contributed by atoms with E-state index in [1.54, 1.807) is 0 Å². The fourth-order valence-electron chi connectivity index (χ4n) is 0.618. The number of aliphatic hydroxyl groups is 5. The molecule has 4 atom stereocenters. The minimum atomic E-state index is -2.33. The molecule has 0 aromatic carbocycles. The largest absolute Gasteiger partial charge is 1.00 e. The van der Waals surface area contributed by atoms with Crippen LogP contribution in [0.25, 0.3) is 0 Å². The summed E-state index contributed by atoms with van der Waals surface area (Å²) in [6, 6.07) is 0. The first kappa shape index (κ1) is 27.1. The summed E-state index contributed by atoms with van der Waals surface area (Å²) < 4.78 is 0. The molecule has 9 nitrogen and oxygen atoms in total. The van der Waals surface area contributed by atoms with Gasteiger partial charge in [-0.05, 0) is 6.16 Å². The number of carboxylic acid groups (broad SMARTS) is 2. The molecule has 0 aliphatic rings. The van der Waals surface area contributed by atoms with Gasteiger partial charge in [-0.15, -0.1) is 0 Å². The van der Waals surface area contributed by atoms with Gasteiger partial charge in [0.2, 0.25) is 0 Å². The summed E-state index contributed by atoms with van der Waals surface area (Å²) in [7, 11) is 0. The number of rotatable bonds is 5. The molecule has 0 saturated heterocycles. The van der Waals surface area contributed by atoms with Crippen LogP contribution in [0.15, 0.2) is 0 Å². The van der Waals surface area contributed by atoms with Crippen LogP contribution >= 0.6 is 0 Å². The maximum absolute atomic E-state index is 9.90. The van der Waals surface area contributed by atoms with E-state index in [-0.39, 0.29) is 65.4 Å². The maximum atomic E-state index is 9.90. The summed E-state index contributed by atoms with van der Waals surface area (Å²) in [5, 5.41) is 60.2. The van der Waals surface area contributed by atoms with Gasteiger partial charge in [-0.25, -0.2) is 0 Å². The molecule has 0 aliphatic heterocycles. The Hall–Kier alpha value is 0.740. The zero-order valence-electron chi connectivity index (χ0n) is 9.96. The van der Waals surface area contributed by atoms with Crippen LogP contribution in [0.1, 0.15) is 0 Å². The third kappa shape index (κ3) is 14.8. The van der Waals surface area contributed by atoms with Crippen LogP contribution < -0.4 is 69.3 Å². The van der Waals surface area contributed by atoms with Crippen molar-refractivity contribution in [2.45, 2.75) is 24.4 Å². The van der Waals surface area contributed by atoms with Gasteiger partial charge in [0.15, 0.2) is 6.29 Å². The quantitative estimate of drug-likeness (QED) is 0.242. The smallest absolute Gasteiger partial charge is 0.652 e. The Bertz CT molecular complexity index is 211. The molecular weight excluding hydrogens is 274 g/mol. The van der Waals surface area contributed by atoms with Crippen molar-refractivity contribution in [1.82, 2.24) is 0 Å². The number of hydrogen-bond acceptors (Lipinski definition) is 9. The summed E-state index contributed by atoms with van der Waals surface area (Å²) in [6.07, 6.45) is -9.17. The number of carbonyl (C=O) groups is 2. The van der Waals surface area contributed by atoms with Gasteiger partial charge in [-0.1, -0.05) is 0 Å². The van der Waals surface area contributed by atoms with Crippen LogP contribution in [0.4, 0.5) is 4.79 Å². The topological polar surface area (TPSA) is 181 Å². The number of aliphatic hydroxyl groups excluding tert-OH is 5. The van der Waals surface area contributed by atoms with Crippen LogP contribution in [0.5, 0.6) is 0 Å². The van der Waals surface area contributed by atoms with Crippen molar-refractivity contribution in [2.75, 3.05) is 6.61 Å². The normalized spacial score (nSPS) is 15.4. The molecule has 0 radical (unpaired) electrons. The van der Waals surface area contributed by atoms with Gasteiger partial charge in [0, 0.05) is 0 Å². The van der Waals surface area contributed by atoms with E-state index in [9.17, 15) is 4.79 Å². The van der Waals surface area contributed by atoms with Crippen LogP contribution in [0.3, 0.4) is 0 Å². The first-order chi connectivity index (χ1) is 7.27. The molecular formula is C7H12Na2O9. The molecule has 0 spiro atoms. The van der Waals surface area contributed by atoms with E-state index in [1.165, 1.54) is 0 Å². The Morgan fingerprint density at radius 1 is 1.06 bits per heavy atom. The second kappa shape index (κ2) is 15.8. The SMILES string of the molecule is O=C([O-])[O-].O=CC(O)C(O)C(O)C(O)CO.[Na+].[Na+]. The van der Waals surface area contributed by atoms with Crippen molar-refractivity contribution in [2.24, 2.45) is 0 Å². The van der Waals surface area contributed by atoms with E-state index in [0.29, 0.717) is 0 Å². The van der Waals surface area contributed by atoms with Crippen LogP contribution in [-0.2, 0) is 4.79 Å². The molecule has 0 aliphatic carbocycles. The van der Waals surface area contributed by atoms with Crippen molar-refractivity contribution in [3.05, 3.63) is 0 Å². The summed E-state index contributed by atoms with van der Waals surface area (Å²) in [4.78, 5) is 18.2. The minimum Gasteiger partial charge on any atom is -0.652 e. The standard InChI is InChI=1S/C6H12O6.CH2O3.2Na/c7-1-3(9)5(11)6(12)4(10)2-8;2-1(3)4;;/h1,3-6,8-12H,2H2;(H2,2,3,4);;/q;;2*+1/p-2. The van der Waals surface area contributed by atoms with E-state index in [2.05, 4.69) is 0 Å². The summed E-state index contributed by atoms with van der Waals surface area (Å²) >= 11 is 0. The number of hydrogen-bond donors (Lipinski definition) is 5. The molecule has 0 rings (SSSR count). The minimum absolute atomic E-state index is 0. The first-order valence-corrected chi connectivity index (χ1v) is 3.94. The van der Waals surface area contributed by atoms with Crippen LogP contribution in [0, 0.1) is 0 Å². The molecule has 0 heterocycles. The zero-order chi connectivity index (χ0) is 13.3. The third-order valence-corrected chi connectivity index (χ3v) is 1.42. The van der Waals surface area contributed by atoms with Crippen LogP contribution in [-0.4, -0.2) is 69.0 Å². The van der Waals surface area contributed by atoms with Gasteiger partial charge in [0.1, 0.15) is 24.4 Å². The maximum Gasteiger partial charge on any atom is 1.00 e. The van der Waals surface area contributed by atoms with E-state index in [0.717, 1.165) is 0 Å². The van der Waals surface area contributed by atoms with Crippen molar-refractivity contribution < 1.29 is 104 Å². The van der Waals surface area contributed by atoms with Crippen molar-refractivity contribution in [3.63, 3.8) is 0 Å². The predicted octanol–water partition coefficient (Wildman–Crippen LogP) is -11.8. The van der Waals surface area contributed by atoms with Crippen LogP contribution in [0.2, 0.25) is 0 Å². The van der Waals surface area contributed by atoms with Gasteiger partial charge in [-0.3, -0.25) is 0 Å². The fraction of sp³-hybridized carbons (Fsp3) is 0.714. The van der Waals surface area contributed by atoms with Crippen molar-refractivity contribution >= 4 is 12.4 Å². The molecule has 0 aromatic rings.